The summed E-state index contributed by atoms with van der Waals surface area (Å²) in [5.41, 5.74) is 1.30. The van der Waals surface area contributed by atoms with Crippen LogP contribution in [0.1, 0.15) is 64.4 Å². The van der Waals surface area contributed by atoms with Crippen LogP contribution in [0.3, 0.4) is 0 Å². The Morgan fingerprint density at radius 1 is 0.950 bits per heavy atom. The number of unbranched alkanes of at least 4 members (excludes halogenated alkanes) is 6. The monoisotopic (exact) mass is 277 g/mol. The third kappa shape index (κ3) is 8.21. The zero-order valence-corrected chi connectivity index (χ0v) is 13.3. The van der Waals surface area contributed by atoms with Crippen LogP contribution >= 0.6 is 0 Å². The average Bonchev–Trinajstić information content (AvgIpc) is 2.48. The topological polar surface area (TPSA) is 21.3 Å². The zero-order chi connectivity index (χ0) is 14.5. The molecule has 1 aromatic rings. The maximum absolute atomic E-state index is 5.83. The summed E-state index contributed by atoms with van der Waals surface area (Å²) in [6, 6.07) is 8.41. The molecule has 0 unspecified atom stereocenters. The fourth-order valence-electron chi connectivity index (χ4n) is 2.26. The van der Waals surface area contributed by atoms with E-state index in [2.05, 4.69) is 43.4 Å². The van der Waals surface area contributed by atoms with E-state index in [1.54, 1.807) is 0 Å². The van der Waals surface area contributed by atoms with E-state index in [0.717, 1.165) is 25.4 Å². The molecule has 0 aliphatic rings. The van der Waals surface area contributed by atoms with Crippen molar-refractivity contribution in [3.05, 3.63) is 29.8 Å². The van der Waals surface area contributed by atoms with Gasteiger partial charge in [-0.05, 0) is 30.7 Å². The normalized spacial score (nSPS) is 10.7. The molecule has 0 aliphatic carbocycles. The average molecular weight is 277 g/mol. The molecule has 0 saturated carbocycles. The number of rotatable bonds is 12. The van der Waals surface area contributed by atoms with Crippen molar-refractivity contribution in [2.45, 2.75) is 65.3 Å². The number of benzene rings is 1. The van der Waals surface area contributed by atoms with Gasteiger partial charge in [-0.1, -0.05) is 64.5 Å². The fourth-order valence-corrected chi connectivity index (χ4v) is 2.26. The van der Waals surface area contributed by atoms with Crippen molar-refractivity contribution in [1.29, 1.82) is 0 Å². The Hall–Kier alpha value is -1.02. The minimum Gasteiger partial charge on any atom is -0.494 e. The Morgan fingerprint density at radius 3 is 2.45 bits per heavy atom. The molecule has 0 atom stereocenters. The predicted octanol–water partition coefficient (Wildman–Crippen LogP) is 4.93. The van der Waals surface area contributed by atoms with E-state index < -0.39 is 0 Å². The van der Waals surface area contributed by atoms with Crippen molar-refractivity contribution in [2.24, 2.45) is 0 Å². The van der Waals surface area contributed by atoms with Gasteiger partial charge in [0.2, 0.25) is 0 Å². The minimum atomic E-state index is 0.846. The number of hydrogen-bond donors (Lipinski definition) is 1. The Bertz CT molecular complexity index is 338. The van der Waals surface area contributed by atoms with Crippen LogP contribution in [-0.2, 0) is 6.54 Å². The van der Waals surface area contributed by atoms with Gasteiger partial charge < -0.3 is 10.1 Å². The van der Waals surface area contributed by atoms with Gasteiger partial charge >= 0.3 is 0 Å². The van der Waals surface area contributed by atoms with Crippen LogP contribution < -0.4 is 10.1 Å². The summed E-state index contributed by atoms with van der Waals surface area (Å²) in [4.78, 5) is 0. The van der Waals surface area contributed by atoms with Crippen LogP contribution in [0.5, 0.6) is 5.75 Å². The molecule has 0 heterocycles. The number of ether oxygens (including phenoxy) is 1. The summed E-state index contributed by atoms with van der Waals surface area (Å²) >= 11 is 0. The molecule has 0 spiro atoms. The van der Waals surface area contributed by atoms with Gasteiger partial charge in [0.15, 0.2) is 0 Å². The van der Waals surface area contributed by atoms with Crippen molar-refractivity contribution >= 4 is 0 Å². The molecule has 0 aromatic heterocycles. The van der Waals surface area contributed by atoms with E-state index in [9.17, 15) is 0 Å². The molecule has 0 radical (unpaired) electrons. The molecule has 2 nitrogen and oxygen atoms in total. The predicted molar refractivity (Wildman–Crippen MR) is 87.3 cm³/mol. The van der Waals surface area contributed by atoms with Crippen molar-refractivity contribution in [2.75, 3.05) is 13.2 Å². The highest BCUT2D eigenvalue weighted by Crippen LogP contribution is 2.14. The Balaban J connectivity index is 2.09. The first-order chi connectivity index (χ1) is 9.86. The van der Waals surface area contributed by atoms with E-state index in [-0.39, 0.29) is 0 Å². The van der Waals surface area contributed by atoms with Crippen LogP contribution in [0.4, 0.5) is 0 Å². The highest BCUT2D eigenvalue weighted by atomic mass is 16.5. The van der Waals surface area contributed by atoms with Gasteiger partial charge in [-0.15, -0.1) is 0 Å². The Labute approximate surface area is 124 Å². The SMILES string of the molecule is CCCCCCCCCOc1cccc(CNCC)c1. The van der Waals surface area contributed by atoms with E-state index >= 15 is 0 Å². The summed E-state index contributed by atoms with van der Waals surface area (Å²) in [5.74, 6) is 1.01. The largest absolute Gasteiger partial charge is 0.494 e. The van der Waals surface area contributed by atoms with E-state index in [0.29, 0.717) is 0 Å². The van der Waals surface area contributed by atoms with Gasteiger partial charge in [0.25, 0.3) is 0 Å². The van der Waals surface area contributed by atoms with E-state index in [1.807, 2.05) is 0 Å². The summed E-state index contributed by atoms with van der Waals surface area (Å²) in [6.07, 6.45) is 9.30. The minimum absolute atomic E-state index is 0.846. The quantitative estimate of drug-likeness (QED) is 0.547. The van der Waals surface area contributed by atoms with Gasteiger partial charge in [-0.3, -0.25) is 0 Å². The second kappa shape index (κ2) is 11.8. The summed E-state index contributed by atoms with van der Waals surface area (Å²) < 4.78 is 5.83. The third-order valence-electron chi connectivity index (χ3n) is 3.49. The standard InChI is InChI=1S/C18H31NO/c1-3-5-6-7-8-9-10-14-20-18-13-11-12-17(15-18)16-19-4-2/h11-13,15,19H,3-10,14,16H2,1-2H3. The summed E-state index contributed by atoms with van der Waals surface area (Å²) in [7, 11) is 0. The van der Waals surface area contributed by atoms with Crippen LogP contribution in [0.25, 0.3) is 0 Å². The lowest BCUT2D eigenvalue weighted by Crippen LogP contribution is -2.11. The molecule has 2 heteroatoms. The van der Waals surface area contributed by atoms with Gasteiger partial charge in [0, 0.05) is 6.54 Å². The van der Waals surface area contributed by atoms with Gasteiger partial charge in [0.05, 0.1) is 6.61 Å². The second-order valence-electron chi connectivity index (χ2n) is 5.40. The molecule has 0 aliphatic heterocycles. The molecule has 0 bridgehead atoms. The third-order valence-corrected chi connectivity index (χ3v) is 3.49. The first kappa shape index (κ1) is 17.0. The van der Waals surface area contributed by atoms with Crippen LogP contribution in [0.2, 0.25) is 0 Å². The lowest BCUT2D eigenvalue weighted by molar-refractivity contribution is 0.304. The molecule has 0 saturated heterocycles. The molecule has 1 aromatic carbocycles. The molecule has 1 rings (SSSR count). The van der Waals surface area contributed by atoms with Crippen molar-refractivity contribution in [3.63, 3.8) is 0 Å². The Kier molecular flexibility index (Phi) is 10.0. The van der Waals surface area contributed by atoms with E-state index in [1.165, 1.54) is 50.5 Å². The van der Waals surface area contributed by atoms with E-state index in [4.69, 9.17) is 4.74 Å². The van der Waals surface area contributed by atoms with Crippen molar-refractivity contribution in [1.82, 2.24) is 5.32 Å². The molecule has 1 N–H and O–H groups in total. The molecule has 20 heavy (non-hydrogen) atoms. The smallest absolute Gasteiger partial charge is 0.119 e. The molecule has 0 fully saturated rings. The maximum atomic E-state index is 5.83. The first-order valence-corrected chi connectivity index (χ1v) is 8.29. The Morgan fingerprint density at radius 2 is 1.70 bits per heavy atom. The highest BCUT2D eigenvalue weighted by molar-refractivity contribution is 5.28. The molecular formula is C18H31NO. The highest BCUT2D eigenvalue weighted by Gasteiger charge is 1.97. The summed E-state index contributed by atoms with van der Waals surface area (Å²) in [6.45, 7) is 7.16. The second-order valence-corrected chi connectivity index (χ2v) is 5.40. The fraction of sp³-hybridized carbons (Fsp3) is 0.667. The zero-order valence-electron chi connectivity index (χ0n) is 13.3. The molecule has 0 amide bonds. The van der Waals surface area contributed by atoms with Gasteiger partial charge in [0.1, 0.15) is 5.75 Å². The lowest BCUT2D eigenvalue weighted by Gasteiger charge is -2.08. The number of nitrogens with one attached hydrogen (secondary N) is 1. The summed E-state index contributed by atoms with van der Waals surface area (Å²) in [5, 5.41) is 3.34. The van der Waals surface area contributed by atoms with Crippen molar-refractivity contribution in [3.8, 4) is 5.75 Å². The lowest BCUT2D eigenvalue weighted by atomic mass is 10.1. The van der Waals surface area contributed by atoms with Crippen LogP contribution in [0, 0.1) is 0 Å². The molecule has 114 valence electrons. The number of hydrogen-bond acceptors (Lipinski definition) is 2. The first-order valence-electron chi connectivity index (χ1n) is 8.29. The van der Waals surface area contributed by atoms with Gasteiger partial charge in [-0.25, -0.2) is 0 Å². The van der Waals surface area contributed by atoms with Gasteiger partial charge in [-0.2, -0.15) is 0 Å². The van der Waals surface area contributed by atoms with Crippen LogP contribution in [0.15, 0.2) is 24.3 Å². The van der Waals surface area contributed by atoms with Crippen molar-refractivity contribution < 1.29 is 4.74 Å². The van der Waals surface area contributed by atoms with Crippen LogP contribution in [-0.4, -0.2) is 13.2 Å². The maximum Gasteiger partial charge on any atom is 0.119 e. The molecular weight excluding hydrogens is 246 g/mol.